The number of hydrogen-bond donors (Lipinski definition) is 0. The Morgan fingerprint density at radius 2 is 1.41 bits per heavy atom. The smallest absolute Gasteiger partial charge is 0.0231 e. The van der Waals surface area contributed by atoms with Crippen molar-refractivity contribution < 1.29 is 0 Å². The third-order valence-electron chi connectivity index (χ3n) is 1.52. The SMILES string of the molecule is C.C=C\C=C/C(/C=C\C)=C(\C)C=C.CC.CC. The molecule has 0 saturated heterocycles. The molecule has 0 aliphatic heterocycles. The quantitative estimate of drug-likeness (QED) is 0.489. The molecule has 0 bridgehead atoms. The summed E-state index contributed by atoms with van der Waals surface area (Å²) in [5, 5.41) is 0. The molecule has 0 aromatic carbocycles. The number of hydrogen-bond acceptors (Lipinski definition) is 0. The molecule has 0 aliphatic rings. The molecule has 0 atom stereocenters. The predicted molar refractivity (Wildman–Crippen MR) is 86.5 cm³/mol. The summed E-state index contributed by atoms with van der Waals surface area (Å²) in [6, 6.07) is 0. The van der Waals surface area contributed by atoms with Crippen LogP contribution in [0.25, 0.3) is 0 Å². The fraction of sp³-hybridized carbons (Fsp3) is 0.412. The molecule has 0 aromatic heterocycles. The Hall–Kier alpha value is -1.30. The third-order valence-corrected chi connectivity index (χ3v) is 1.52. The largest absolute Gasteiger partial charge is 0.0991 e. The first-order valence-corrected chi connectivity index (χ1v) is 6.01. The molecule has 0 aliphatic carbocycles. The Balaban J connectivity index is -0.000000152. The monoisotopic (exact) mass is 236 g/mol. The van der Waals surface area contributed by atoms with E-state index >= 15 is 0 Å². The van der Waals surface area contributed by atoms with Crippen LogP contribution in [-0.4, -0.2) is 0 Å². The van der Waals surface area contributed by atoms with Crippen LogP contribution in [0.3, 0.4) is 0 Å². The molecule has 0 saturated carbocycles. The molecule has 0 N–H and O–H groups in total. The van der Waals surface area contributed by atoms with Crippen molar-refractivity contribution in [2.75, 3.05) is 0 Å². The minimum atomic E-state index is 0. The summed E-state index contributed by atoms with van der Waals surface area (Å²) in [5.41, 5.74) is 2.35. The van der Waals surface area contributed by atoms with Crippen LogP contribution in [0.5, 0.6) is 0 Å². The van der Waals surface area contributed by atoms with Gasteiger partial charge in [-0.05, 0) is 25.0 Å². The molecule has 0 radical (unpaired) electrons. The van der Waals surface area contributed by atoms with Crippen LogP contribution in [0.15, 0.2) is 60.8 Å². The average molecular weight is 236 g/mol. The Morgan fingerprint density at radius 3 is 1.71 bits per heavy atom. The molecule has 100 valence electrons. The summed E-state index contributed by atoms with van der Waals surface area (Å²) in [7, 11) is 0. The lowest BCUT2D eigenvalue weighted by molar-refractivity contribution is 1.45. The van der Waals surface area contributed by atoms with Gasteiger partial charge in [-0.2, -0.15) is 0 Å². The minimum Gasteiger partial charge on any atom is -0.0991 e. The first-order valence-electron chi connectivity index (χ1n) is 6.01. The van der Waals surface area contributed by atoms with Crippen LogP contribution < -0.4 is 0 Å². The highest BCUT2D eigenvalue weighted by molar-refractivity contribution is 5.39. The van der Waals surface area contributed by atoms with E-state index in [1.54, 1.807) is 6.08 Å². The van der Waals surface area contributed by atoms with Gasteiger partial charge in [-0.25, -0.2) is 0 Å². The Kier molecular flexibility index (Phi) is 35.1. The van der Waals surface area contributed by atoms with E-state index in [9.17, 15) is 0 Å². The average Bonchev–Trinajstić information content (AvgIpc) is 2.38. The zero-order valence-electron chi connectivity index (χ0n) is 11.9. The van der Waals surface area contributed by atoms with Crippen molar-refractivity contribution in [3.8, 4) is 0 Å². The van der Waals surface area contributed by atoms with Gasteiger partial charge >= 0.3 is 0 Å². The van der Waals surface area contributed by atoms with E-state index in [4.69, 9.17) is 0 Å². The van der Waals surface area contributed by atoms with Crippen LogP contribution in [0.2, 0.25) is 0 Å². The van der Waals surface area contributed by atoms with Gasteiger partial charge < -0.3 is 0 Å². The Morgan fingerprint density at radius 1 is 0.941 bits per heavy atom. The van der Waals surface area contributed by atoms with Crippen molar-refractivity contribution in [1.29, 1.82) is 0 Å². The lowest BCUT2D eigenvalue weighted by atomic mass is 10.1. The van der Waals surface area contributed by atoms with Gasteiger partial charge in [0.05, 0.1) is 0 Å². The van der Waals surface area contributed by atoms with Crippen molar-refractivity contribution >= 4 is 0 Å². The topological polar surface area (TPSA) is 0 Å². The van der Waals surface area contributed by atoms with Crippen molar-refractivity contribution in [2.24, 2.45) is 0 Å². The van der Waals surface area contributed by atoms with Crippen molar-refractivity contribution in [3.05, 3.63) is 60.8 Å². The second-order valence-electron chi connectivity index (χ2n) is 2.44. The van der Waals surface area contributed by atoms with Crippen LogP contribution in [0, 0.1) is 0 Å². The maximum absolute atomic E-state index is 3.72. The van der Waals surface area contributed by atoms with Crippen LogP contribution >= 0.6 is 0 Å². The van der Waals surface area contributed by atoms with Gasteiger partial charge in [0.2, 0.25) is 0 Å². The highest BCUT2D eigenvalue weighted by Gasteiger charge is 1.88. The normalized spacial score (nSPS) is 10.2. The van der Waals surface area contributed by atoms with E-state index < -0.39 is 0 Å². The van der Waals surface area contributed by atoms with E-state index in [0.29, 0.717) is 0 Å². The van der Waals surface area contributed by atoms with Crippen LogP contribution in [-0.2, 0) is 0 Å². The Bertz CT molecular complexity index is 237. The van der Waals surface area contributed by atoms with Gasteiger partial charge in [0.1, 0.15) is 0 Å². The van der Waals surface area contributed by atoms with Crippen LogP contribution in [0.4, 0.5) is 0 Å². The van der Waals surface area contributed by atoms with Gasteiger partial charge in [-0.15, -0.1) is 0 Å². The molecule has 0 aromatic rings. The van der Waals surface area contributed by atoms with E-state index in [-0.39, 0.29) is 7.43 Å². The molecule has 0 spiro atoms. The summed E-state index contributed by atoms with van der Waals surface area (Å²) in [6.45, 7) is 19.4. The second-order valence-corrected chi connectivity index (χ2v) is 2.44. The fourth-order valence-electron chi connectivity index (χ4n) is 0.788. The number of allylic oxidation sites excluding steroid dienone is 8. The van der Waals surface area contributed by atoms with Gasteiger partial charge in [-0.3, -0.25) is 0 Å². The van der Waals surface area contributed by atoms with E-state index in [1.165, 1.54) is 11.1 Å². The summed E-state index contributed by atoms with van der Waals surface area (Å²) in [5.74, 6) is 0. The molecule has 0 heterocycles. The van der Waals surface area contributed by atoms with Crippen LogP contribution in [0.1, 0.15) is 49.0 Å². The highest BCUT2D eigenvalue weighted by atomic mass is 13.9. The summed E-state index contributed by atoms with van der Waals surface area (Å²) >= 11 is 0. The minimum absolute atomic E-state index is 0. The molecule has 0 amide bonds. The van der Waals surface area contributed by atoms with Gasteiger partial charge in [0.15, 0.2) is 0 Å². The zero-order chi connectivity index (χ0) is 13.4. The van der Waals surface area contributed by atoms with Crippen molar-refractivity contribution in [2.45, 2.75) is 49.0 Å². The van der Waals surface area contributed by atoms with E-state index in [1.807, 2.05) is 65.8 Å². The molecular formula is C17H32. The van der Waals surface area contributed by atoms with E-state index in [0.717, 1.165) is 0 Å². The molecule has 0 fully saturated rings. The molecule has 0 nitrogen and oxygen atoms in total. The van der Waals surface area contributed by atoms with Gasteiger partial charge in [-0.1, -0.05) is 84.7 Å². The van der Waals surface area contributed by atoms with E-state index in [2.05, 4.69) is 19.2 Å². The molecule has 0 heteroatoms. The first-order chi connectivity index (χ1) is 7.76. The zero-order valence-corrected chi connectivity index (χ0v) is 11.9. The van der Waals surface area contributed by atoms with Crippen molar-refractivity contribution in [1.82, 2.24) is 0 Å². The second kappa shape index (κ2) is 24.1. The summed E-state index contributed by atoms with van der Waals surface area (Å²) in [4.78, 5) is 0. The fourth-order valence-corrected chi connectivity index (χ4v) is 0.788. The van der Waals surface area contributed by atoms with Gasteiger partial charge in [0.25, 0.3) is 0 Å². The molecule has 17 heavy (non-hydrogen) atoms. The first kappa shape index (κ1) is 24.8. The predicted octanol–water partition coefficient (Wildman–Crippen LogP) is 6.50. The standard InChI is InChI=1S/C12H16.2C2H6.CH4/c1-5-8-10-12(9-6-2)11(4)7-3;2*1-2;/h5-10H,1,3H2,2,4H3;2*1-2H3;1H4/b9-6-,10-8-,12-11+;;;. The Labute approximate surface area is 110 Å². The summed E-state index contributed by atoms with van der Waals surface area (Å²) < 4.78 is 0. The maximum Gasteiger partial charge on any atom is -0.0231 e. The highest BCUT2D eigenvalue weighted by Crippen LogP contribution is 2.08. The third kappa shape index (κ3) is 17.3. The lowest BCUT2D eigenvalue weighted by Gasteiger charge is -1.96. The number of rotatable bonds is 4. The molecule has 0 rings (SSSR count). The molecular weight excluding hydrogens is 204 g/mol. The molecule has 0 unspecified atom stereocenters. The lowest BCUT2D eigenvalue weighted by Crippen LogP contribution is -1.76. The van der Waals surface area contributed by atoms with Crippen molar-refractivity contribution in [3.63, 3.8) is 0 Å². The summed E-state index contributed by atoms with van der Waals surface area (Å²) in [6.07, 6.45) is 11.6. The van der Waals surface area contributed by atoms with Gasteiger partial charge in [0, 0.05) is 0 Å². The maximum atomic E-state index is 3.72.